The van der Waals surface area contributed by atoms with Crippen molar-refractivity contribution in [1.29, 1.82) is 0 Å². The van der Waals surface area contributed by atoms with Crippen LogP contribution in [0.3, 0.4) is 0 Å². The highest BCUT2D eigenvalue weighted by molar-refractivity contribution is 7.89. The first-order valence-corrected chi connectivity index (χ1v) is 7.87. The molecule has 0 amide bonds. The van der Waals surface area contributed by atoms with Crippen LogP contribution in [0.25, 0.3) is 0 Å². The molecule has 0 fully saturated rings. The van der Waals surface area contributed by atoms with Crippen molar-refractivity contribution in [2.24, 2.45) is 5.73 Å². The summed E-state index contributed by atoms with van der Waals surface area (Å²) < 4.78 is 54.5. The van der Waals surface area contributed by atoms with E-state index >= 15 is 0 Å². The van der Waals surface area contributed by atoms with E-state index in [4.69, 9.17) is 5.73 Å². The molecule has 0 aliphatic rings. The Balaban J connectivity index is 2.59. The molecule has 0 radical (unpaired) electrons. The molecule has 0 atom stereocenters. The average Bonchev–Trinajstić information content (AvgIpc) is 2.70. The van der Waals surface area contributed by atoms with Gasteiger partial charge < -0.3 is 10.5 Å². The van der Waals surface area contributed by atoms with Gasteiger partial charge in [-0.25, -0.2) is 21.9 Å². The number of nitrogens with one attached hydrogen (secondary N) is 1. The Kier molecular flexibility index (Phi) is 6.27. The molecule has 3 N–H and O–H groups in total. The molecule has 0 aromatic carbocycles. The summed E-state index contributed by atoms with van der Waals surface area (Å²) in [6.07, 6.45) is -2.56. The van der Waals surface area contributed by atoms with Crippen molar-refractivity contribution in [3.05, 3.63) is 15.8 Å². The Morgan fingerprint density at radius 2 is 2.21 bits per heavy atom. The molecule has 1 aromatic heterocycles. The SMILES string of the molecule is Cc1csc(CN)c1S(=O)(=O)NCCOCC(F)F. The quantitative estimate of drug-likeness (QED) is 0.703. The fourth-order valence-corrected chi connectivity index (χ4v) is 4.19. The Labute approximate surface area is 114 Å². The van der Waals surface area contributed by atoms with Crippen molar-refractivity contribution in [3.8, 4) is 0 Å². The van der Waals surface area contributed by atoms with Gasteiger partial charge in [0.05, 0.1) is 6.61 Å². The molecule has 0 unspecified atom stereocenters. The minimum atomic E-state index is -3.68. The predicted molar refractivity (Wildman–Crippen MR) is 69.0 cm³/mol. The third-order valence-electron chi connectivity index (χ3n) is 2.23. The number of thiophene rings is 1. The van der Waals surface area contributed by atoms with Crippen LogP contribution >= 0.6 is 11.3 Å². The molecule has 9 heteroatoms. The van der Waals surface area contributed by atoms with Gasteiger partial charge in [-0.15, -0.1) is 11.3 Å². The van der Waals surface area contributed by atoms with Gasteiger partial charge in [0.1, 0.15) is 11.5 Å². The lowest BCUT2D eigenvalue weighted by molar-refractivity contribution is 0.0199. The van der Waals surface area contributed by atoms with Crippen molar-refractivity contribution in [3.63, 3.8) is 0 Å². The molecular formula is C10H16F2N2O3S2. The van der Waals surface area contributed by atoms with Crippen LogP contribution in [0, 0.1) is 6.92 Å². The van der Waals surface area contributed by atoms with Gasteiger partial charge in [0.15, 0.2) is 0 Å². The van der Waals surface area contributed by atoms with Gasteiger partial charge in [-0.2, -0.15) is 0 Å². The third kappa shape index (κ3) is 4.77. The first kappa shape index (κ1) is 16.4. The van der Waals surface area contributed by atoms with E-state index in [0.717, 1.165) is 0 Å². The van der Waals surface area contributed by atoms with Crippen LogP contribution in [0.1, 0.15) is 10.4 Å². The molecule has 19 heavy (non-hydrogen) atoms. The Morgan fingerprint density at radius 3 is 2.79 bits per heavy atom. The van der Waals surface area contributed by atoms with E-state index in [9.17, 15) is 17.2 Å². The number of hydrogen-bond donors (Lipinski definition) is 2. The summed E-state index contributed by atoms with van der Waals surface area (Å²) in [6, 6.07) is 0. The van der Waals surface area contributed by atoms with Gasteiger partial charge in [-0.3, -0.25) is 0 Å². The number of hydrogen-bond acceptors (Lipinski definition) is 5. The number of halogens is 2. The molecule has 0 saturated carbocycles. The fraction of sp³-hybridized carbons (Fsp3) is 0.600. The fourth-order valence-electron chi connectivity index (χ4n) is 1.48. The molecular weight excluding hydrogens is 298 g/mol. The molecule has 1 heterocycles. The lowest BCUT2D eigenvalue weighted by Gasteiger charge is -2.08. The highest BCUT2D eigenvalue weighted by atomic mass is 32.2. The number of ether oxygens (including phenoxy) is 1. The standard InChI is InChI=1S/C10H16F2N2O3S2/c1-7-6-18-8(4-13)10(7)19(15,16)14-2-3-17-5-9(11)12/h6,9,14H,2-5,13H2,1H3. The Bertz CT molecular complexity index is 503. The first-order chi connectivity index (χ1) is 8.88. The molecule has 5 nitrogen and oxygen atoms in total. The molecule has 110 valence electrons. The molecule has 0 spiro atoms. The van der Waals surface area contributed by atoms with Crippen molar-refractivity contribution in [1.82, 2.24) is 4.72 Å². The first-order valence-electron chi connectivity index (χ1n) is 5.51. The summed E-state index contributed by atoms with van der Waals surface area (Å²) in [5, 5.41) is 1.71. The summed E-state index contributed by atoms with van der Waals surface area (Å²) in [5.74, 6) is 0. The normalized spacial score (nSPS) is 12.3. The van der Waals surface area contributed by atoms with Crippen LogP contribution in [-0.4, -0.2) is 34.6 Å². The van der Waals surface area contributed by atoms with E-state index in [1.165, 1.54) is 11.3 Å². The lowest BCUT2D eigenvalue weighted by Crippen LogP contribution is -2.29. The zero-order valence-electron chi connectivity index (χ0n) is 10.4. The Hall–Kier alpha value is -0.610. The monoisotopic (exact) mass is 314 g/mol. The summed E-state index contributed by atoms with van der Waals surface area (Å²) >= 11 is 1.28. The van der Waals surface area contributed by atoms with Gasteiger partial charge >= 0.3 is 0 Å². The van der Waals surface area contributed by atoms with Crippen molar-refractivity contribution < 1.29 is 21.9 Å². The lowest BCUT2D eigenvalue weighted by atomic mass is 10.3. The van der Waals surface area contributed by atoms with Gasteiger partial charge in [0.2, 0.25) is 10.0 Å². The molecule has 0 aliphatic carbocycles. The van der Waals surface area contributed by atoms with E-state index in [-0.39, 0.29) is 24.6 Å². The topological polar surface area (TPSA) is 81.4 Å². The van der Waals surface area contributed by atoms with E-state index in [0.29, 0.717) is 10.4 Å². The van der Waals surface area contributed by atoms with Crippen LogP contribution in [0.5, 0.6) is 0 Å². The van der Waals surface area contributed by atoms with Gasteiger partial charge in [-0.1, -0.05) is 0 Å². The van der Waals surface area contributed by atoms with Gasteiger partial charge in [-0.05, 0) is 17.9 Å². The maximum absolute atomic E-state index is 12.0. The zero-order valence-corrected chi connectivity index (χ0v) is 12.0. The number of alkyl halides is 2. The van der Waals surface area contributed by atoms with Crippen molar-refractivity contribution >= 4 is 21.4 Å². The minimum Gasteiger partial charge on any atom is -0.374 e. The maximum atomic E-state index is 12.0. The maximum Gasteiger partial charge on any atom is 0.261 e. The summed E-state index contributed by atoms with van der Waals surface area (Å²) in [4.78, 5) is 0.743. The number of rotatable bonds is 8. The number of nitrogens with two attached hydrogens (primary N) is 1. The molecule has 1 aromatic rings. The zero-order chi connectivity index (χ0) is 14.5. The second-order valence-corrected chi connectivity index (χ2v) is 6.41. The van der Waals surface area contributed by atoms with Gasteiger partial charge in [0, 0.05) is 18.0 Å². The third-order valence-corrected chi connectivity index (χ3v) is 5.17. The summed E-state index contributed by atoms with van der Waals surface area (Å²) in [5.41, 5.74) is 6.10. The molecule has 1 rings (SSSR count). The Morgan fingerprint density at radius 1 is 1.53 bits per heavy atom. The number of sulfonamides is 1. The molecule has 0 saturated heterocycles. The van der Waals surface area contributed by atoms with E-state index in [1.807, 2.05) is 0 Å². The van der Waals surface area contributed by atoms with Gasteiger partial charge in [0.25, 0.3) is 6.43 Å². The van der Waals surface area contributed by atoms with E-state index in [2.05, 4.69) is 9.46 Å². The number of aryl methyl sites for hydroxylation is 1. The van der Waals surface area contributed by atoms with Crippen LogP contribution in [0.2, 0.25) is 0 Å². The minimum absolute atomic E-state index is 0.0612. The second kappa shape index (κ2) is 7.25. The molecule has 0 bridgehead atoms. The van der Waals surface area contributed by atoms with Crippen molar-refractivity contribution in [2.75, 3.05) is 19.8 Å². The van der Waals surface area contributed by atoms with Crippen molar-refractivity contribution in [2.45, 2.75) is 24.8 Å². The average molecular weight is 314 g/mol. The smallest absolute Gasteiger partial charge is 0.261 e. The summed E-state index contributed by atoms with van der Waals surface area (Å²) in [6.45, 7) is 0.945. The highest BCUT2D eigenvalue weighted by Crippen LogP contribution is 2.26. The predicted octanol–water partition coefficient (Wildman–Crippen LogP) is 1.08. The van der Waals surface area contributed by atoms with Crippen LogP contribution in [-0.2, 0) is 21.3 Å². The molecule has 0 aliphatic heterocycles. The van der Waals surface area contributed by atoms with E-state index < -0.39 is 23.1 Å². The second-order valence-electron chi connectivity index (χ2n) is 3.74. The largest absolute Gasteiger partial charge is 0.374 e. The van der Waals surface area contributed by atoms with Crippen LogP contribution in [0.15, 0.2) is 10.3 Å². The summed E-state index contributed by atoms with van der Waals surface area (Å²) in [7, 11) is -3.68. The van der Waals surface area contributed by atoms with Crippen LogP contribution < -0.4 is 10.5 Å². The highest BCUT2D eigenvalue weighted by Gasteiger charge is 2.21. The van der Waals surface area contributed by atoms with E-state index in [1.54, 1.807) is 12.3 Å². The van der Waals surface area contributed by atoms with Crippen LogP contribution in [0.4, 0.5) is 8.78 Å².